The Balaban J connectivity index is 1.65. The van der Waals surface area contributed by atoms with Gasteiger partial charge in [0.25, 0.3) is 5.91 Å². The standard InChI is InChI=1S/C20H18Cl2N4OS/c1-13-18(19(22)25-26(13)16-6-4-3-5-7-16)12-23-24-20(27)14(2)28-17-10-8-15(21)9-11-17/h3-12,14H,1-2H3,(H,24,27)/b23-12-/t14-/m0/s1. The van der Waals surface area contributed by atoms with E-state index < -0.39 is 0 Å². The van der Waals surface area contributed by atoms with Gasteiger partial charge in [0, 0.05) is 9.92 Å². The van der Waals surface area contributed by atoms with Crippen LogP contribution < -0.4 is 5.43 Å². The van der Waals surface area contributed by atoms with Crippen molar-refractivity contribution in [1.82, 2.24) is 15.2 Å². The molecule has 0 saturated carbocycles. The Morgan fingerprint density at radius 2 is 1.86 bits per heavy atom. The first-order valence-corrected chi connectivity index (χ1v) is 10.1. The topological polar surface area (TPSA) is 59.3 Å². The first-order valence-electron chi connectivity index (χ1n) is 8.51. The molecule has 0 fully saturated rings. The molecule has 144 valence electrons. The molecule has 1 aromatic heterocycles. The Morgan fingerprint density at radius 1 is 1.18 bits per heavy atom. The lowest BCUT2D eigenvalue weighted by Crippen LogP contribution is -2.26. The van der Waals surface area contributed by atoms with Crippen LogP contribution in [-0.4, -0.2) is 27.2 Å². The second-order valence-corrected chi connectivity index (χ2v) is 8.19. The molecule has 3 rings (SSSR count). The minimum atomic E-state index is -0.318. The summed E-state index contributed by atoms with van der Waals surface area (Å²) < 4.78 is 1.74. The molecule has 28 heavy (non-hydrogen) atoms. The molecular weight excluding hydrogens is 415 g/mol. The van der Waals surface area contributed by atoms with Gasteiger partial charge in [-0.1, -0.05) is 41.4 Å². The molecule has 5 nitrogen and oxygen atoms in total. The Bertz CT molecular complexity index is 987. The third kappa shape index (κ3) is 4.95. The minimum Gasteiger partial charge on any atom is -0.272 e. The van der Waals surface area contributed by atoms with E-state index in [1.54, 1.807) is 16.8 Å². The number of hydrogen-bond acceptors (Lipinski definition) is 4. The van der Waals surface area contributed by atoms with Gasteiger partial charge in [0.1, 0.15) is 0 Å². The first-order chi connectivity index (χ1) is 13.5. The van der Waals surface area contributed by atoms with E-state index in [1.165, 1.54) is 18.0 Å². The maximum absolute atomic E-state index is 12.3. The molecule has 3 aromatic rings. The monoisotopic (exact) mass is 432 g/mol. The number of halogens is 2. The van der Waals surface area contributed by atoms with Crippen LogP contribution in [0.5, 0.6) is 0 Å². The molecular formula is C20H18Cl2N4OS. The summed E-state index contributed by atoms with van der Waals surface area (Å²) in [5.41, 5.74) is 4.94. The van der Waals surface area contributed by atoms with E-state index in [0.29, 0.717) is 15.7 Å². The van der Waals surface area contributed by atoms with Crippen molar-refractivity contribution >= 4 is 47.1 Å². The molecule has 0 aliphatic rings. The molecule has 0 saturated heterocycles. The van der Waals surface area contributed by atoms with E-state index in [0.717, 1.165) is 16.3 Å². The Kier molecular flexibility index (Phi) is 6.78. The predicted molar refractivity (Wildman–Crippen MR) is 116 cm³/mol. The lowest BCUT2D eigenvalue weighted by atomic mass is 10.2. The third-order valence-electron chi connectivity index (χ3n) is 3.98. The second-order valence-electron chi connectivity index (χ2n) is 5.99. The van der Waals surface area contributed by atoms with Crippen molar-refractivity contribution in [3.05, 3.63) is 76.0 Å². The van der Waals surface area contributed by atoms with Gasteiger partial charge in [-0.25, -0.2) is 10.1 Å². The highest BCUT2D eigenvalue weighted by Crippen LogP contribution is 2.25. The van der Waals surface area contributed by atoms with Gasteiger partial charge in [-0.05, 0) is 50.2 Å². The Labute approximate surface area is 177 Å². The molecule has 0 unspecified atom stereocenters. The summed E-state index contributed by atoms with van der Waals surface area (Å²) in [5, 5.41) is 9.06. The number of thioether (sulfide) groups is 1. The van der Waals surface area contributed by atoms with Crippen LogP contribution in [0.3, 0.4) is 0 Å². The SMILES string of the molecule is Cc1c(/C=N\NC(=O)[C@H](C)Sc2ccc(Cl)cc2)c(Cl)nn1-c1ccccc1. The molecule has 8 heteroatoms. The lowest BCUT2D eigenvalue weighted by Gasteiger charge is -2.09. The van der Waals surface area contributed by atoms with E-state index >= 15 is 0 Å². The summed E-state index contributed by atoms with van der Waals surface area (Å²) in [6, 6.07) is 17.0. The number of nitrogens with zero attached hydrogens (tertiary/aromatic N) is 3. The zero-order chi connectivity index (χ0) is 20.1. The summed E-state index contributed by atoms with van der Waals surface area (Å²) >= 11 is 13.6. The molecule has 2 aromatic carbocycles. The van der Waals surface area contributed by atoms with Gasteiger partial charge in [-0.3, -0.25) is 4.79 Å². The van der Waals surface area contributed by atoms with Crippen molar-refractivity contribution in [1.29, 1.82) is 0 Å². The predicted octanol–water partition coefficient (Wildman–Crippen LogP) is 5.12. The molecule has 1 atom stereocenters. The van der Waals surface area contributed by atoms with Gasteiger partial charge in [0.2, 0.25) is 0 Å². The van der Waals surface area contributed by atoms with Crippen molar-refractivity contribution in [2.24, 2.45) is 5.10 Å². The number of benzene rings is 2. The number of aromatic nitrogens is 2. The maximum atomic E-state index is 12.3. The summed E-state index contributed by atoms with van der Waals surface area (Å²) in [4.78, 5) is 13.2. The van der Waals surface area contributed by atoms with Crippen LogP contribution in [0, 0.1) is 6.92 Å². The van der Waals surface area contributed by atoms with Gasteiger partial charge >= 0.3 is 0 Å². The molecule has 0 radical (unpaired) electrons. The summed E-state index contributed by atoms with van der Waals surface area (Å²) in [7, 11) is 0. The molecule has 0 aliphatic heterocycles. The number of amides is 1. The summed E-state index contributed by atoms with van der Waals surface area (Å²) in [6.45, 7) is 3.71. The normalized spacial score (nSPS) is 12.3. The van der Waals surface area contributed by atoms with Crippen LogP contribution in [0.4, 0.5) is 0 Å². The fraction of sp³-hybridized carbons (Fsp3) is 0.150. The average molecular weight is 433 g/mol. The highest BCUT2D eigenvalue weighted by atomic mass is 35.5. The van der Waals surface area contributed by atoms with E-state index in [1.807, 2.05) is 56.3 Å². The number of carbonyl (C=O) groups excluding carboxylic acids is 1. The molecule has 1 heterocycles. The van der Waals surface area contributed by atoms with Crippen LogP contribution in [-0.2, 0) is 4.79 Å². The van der Waals surface area contributed by atoms with Gasteiger partial charge < -0.3 is 0 Å². The molecule has 0 aliphatic carbocycles. The minimum absolute atomic E-state index is 0.208. The highest BCUT2D eigenvalue weighted by molar-refractivity contribution is 8.00. The first kappa shape index (κ1) is 20.5. The number of para-hydroxylation sites is 1. The molecule has 1 amide bonds. The smallest absolute Gasteiger partial charge is 0.253 e. The Morgan fingerprint density at radius 3 is 2.54 bits per heavy atom. The summed E-state index contributed by atoms with van der Waals surface area (Å²) in [6.07, 6.45) is 1.52. The van der Waals surface area contributed by atoms with E-state index in [2.05, 4.69) is 15.6 Å². The van der Waals surface area contributed by atoms with Crippen LogP contribution in [0.1, 0.15) is 18.2 Å². The van der Waals surface area contributed by atoms with Crippen LogP contribution in [0.25, 0.3) is 5.69 Å². The number of carbonyl (C=O) groups is 1. The zero-order valence-electron chi connectivity index (χ0n) is 15.3. The Hall–Kier alpha value is -2.28. The number of rotatable bonds is 6. The fourth-order valence-corrected chi connectivity index (χ4v) is 3.72. The lowest BCUT2D eigenvalue weighted by molar-refractivity contribution is -0.120. The van der Waals surface area contributed by atoms with Crippen molar-refractivity contribution < 1.29 is 4.79 Å². The van der Waals surface area contributed by atoms with E-state index in [4.69, 9.17) is 23.2 Å². The second kappa shape index (κ2) is 9.28. The van der Waals surface area contributed by atoms with Crippen molar-refractivity contribution in [2.75, 3.05) is 0 Å². The van der Waals surface area contributed by atoms with Gasteiger partial charge in [0.05, 0.1) is 28.4 Å². The van der Waals surface area contributed by atoms with Crippen LogP contribution >= 0.6 is 35.0 Å². The van der Waals surface area contributed by atoms with Gasteiger partial charge in [-0.15, -0.1) is 11.8 Å². The van der Waals surface area contributed by atoms with Crippen molar-refractivity contribution in [3.8, 4) is 5.69 Å². The fourth-order valence-electron chi connectivity index (χ4n) is 2.47. The van der Waals surface area contributed by atoms with Crippen LogP contribution in [0.2, 0.25) is 10.2 Å². The third-order valence-corrected chi connectivity index (χ3v) is 5.63. The maximum Gasteiger partial charge on any atom is 0.253 e. The van der Waals surface area contributed by atoms with Gasteiger partial charge in [0.15, 0.2) is 5.15 Å². The quantitative estimate of drug-likeness (QED) is 0.334. The molecule has 0 spiro atoms. The van der Waals surface area contributed by atoms with Gasteiger partial charge in [-0.2, -0.15) is 10.2 Å². The average Bonchev–Trinajstić information content (AvgIpc) is 2.98. The number of hydrogen-bond donors (Lipinski definition) is 1. The number of nitrogens with one attached hydrogen (secondary N) is 1. The van der Waals surface area contributed by atoms with E-state index in [9.17, 15) is 4.79 Å². The van der Waals surface area contributed by atoms with E-state index in [-0.39, 0.29) is 11.2 Å². The highest BCUT2D eigenvalue weighted by Gasteiger charge is 2.15. The molecule has 0 bridgehead atoms. The number of hydrazone groups is 1. The largest absolute Gasteiger partial charge is 0.272 e. The molecule has 1 N–H and O–H groups in total. The van der Waals surface area contributed by atoms with Crippen molar-refractivity contribution in [3.63, 3.8) is 0 Å². The summed E-state index contributed by atoms with van der Waals surface area (Å²) in [5.74, 6) is -0.208. The zero-order valence-corrected chi connectivity index (χ0v) is 17.6. The van der Waals surface area contributed by atoms with Crippen LogP contribution in [0.15, 0.2) is 64.6 Å². The van der Waals surface area contributed by atoms with Crippen molar-refractivity contribution in [2.45, 2.75) is 24.0 Å².